The van der Waals surface area contributed by atoms with Crippen LogP contribution in [-0.2, 0) is 15.9 Å². The molecule has 3 rings (SSSR count). The molecular weight excluding hydrogens is 330 g/mol. The van der Waals surface area contributed by atoms with Crippen LogP contribution in [0.3, 0.4) is 0 Å². The Hall–Kier alpha value is -0.420. The second-order valence-corrected chi connectivity index (χ2v) is 7.20. The van der Waals surface area contributed by atoms with Crippen molar-refractivity contribution in [2.75, 3.05) is 13.2 Å². The van der Waals surface area contributed by atoms with Gasteiger partial charge in [0.25, 0.3) is 0 Å². The minimum atomic E-state index is -0.243. The summed E-state index contributed by atoms with van der Waals surface area (Å²) < 4.78 is 12.7. The zero-order valence-electron chi connectivity index (χ0n) is 12.6. The summed E-state index contributed by atoms with van der Waals surface area (Å²) in [6, 6.07) is 9.70. The molecule has 1 atom stereocenters. The fourth-order valence-corrected chi connectivity index (χ4v) is 3.71. The van der Waals surface area contributed by atoms with E-state index in [0.717, 1.165) is 49.8 Å². The SMILES string of the molecule is CC(Cc1ccc(Br)cc1)NC1CCC2(CC1)OCCO2. The minimum Gasteiger partial charge on any atom is -0.348 e. The van der Waals surface area contributed by atoms with Gasteiger partial charge in [-0.15, -0.1) is 0 Å². The first-order valence-corrected chi connectivity index (χ1v) is 8.73. The predicted molar refractivity (Wildman–Crippen MR) is 87.3 cm³/mol. The van der Waals surface area contributed by atoms with E-state index in [2.05, 4.69) is 52.4 Å². The molecule has 1 heterocycles. The van der Waals surface area contributed by atoms with Crippen molar-refractivity contribution in [1.82, 2.24) is 5.32 Å². The van der Waals surface area contributed by atoms with Crippen LogP contribution in [0, 0.1) is 0 Å². The third kappa shape index (κ3) is 4.07. The fraction of sp³-hybridized carbons (Fsp3) is 0.647. The molecule has 1 spiro atoms. The highest BCUT2D eigenvalue weighted by Crippen LogP contribution is 2.35. The Kier molecular flexibility index (Phi) is 4.99. The van der Waals surface area contributed by atoms with E-state index >= 15 is 0 Å². The lowest BCUT2D eigenvalue weighted by atomic mass is 9.89. The summed E-state index contributed by atoms with van der Waals surface area (Å²) in [6.07, 6.45) is 5.41. The Balaban J connectivity index is 1.45. The van der Waals surface area contributed by atoms with Crippen molar-refractivity contribution in [2.45, 2.75) is 56.9 Å². The smallest absolute Gasteiger partial charge is 0.168 e. The van der Waals surface area contributed by atoms with Gasteiger partial charge in [-0.05, 0) is 43.9 Å². The molecule has 4 heteroatoms. The molecule has 1 aromatic carbocycles. The summed E-state index contributed by atoms with van der Waals surface area (Å²) in [5.41, 5.74) is 1.38. The van der Waals surface area contributed by atoms with Gasteiger partial charge in [0.05, 0.1) is 13.2 Å². The first-order valence-electron chi connectivity index (χ1n) is 7.94. The first-order chi connectivity index (χ1) is 10.2. The van der Waals surface area contributed by atoms with Crippen LogP contribution in [0.25, 0.3) is 0 Å². The zero-order chi connectivity index (χ0) is 14.7. The Bertz CT molecular complexity index is 446. The third-order valence-corrected chi connectivity index (χ3v) is 5.06. The van der Waals surface area contributed by atoms with Gasteiger partial charge < -0.3 is 14.8 Å². The first kappa shape index (κ1) is 15.5. The van der Waals surface area contributed by atoms with E-state index in [1.54, 1.807) is 0 Å². The van der Waals surface area contributed by atoms with Crippen LogP contribution in [0.15, 0.2) is 28.7 Å². The molecule has 1 N–H and O–H groups in total. The van der Waals surface area contributed by atoms with Gasteiger partial charge in [-0.3, -0.25) is 0 Å². The Morgan fingerprint density at radius 1 is 1.19 bits per heavy atom. The van der Waals surface area contributed by atoms with E-state index in [-0.39, 0.29) is 5.79 Å². The highest BCUT2D eigenvalue weighted by atomic mass is 79.9. The molecule has 1 saturated carbocycles. The molecule has 1 aliphatic carbocycles. The highest BCUT2D eigenvalue weighted by molar-refractivity contribution is 9.10. The Labute approximate surface area is 135 Å². The number of hydrogen-bond donors (Lipinski definition) is 1. The summed E-state index contributed by atoms with van der Waals surface area (Å²) in [7, 11) is 0. The van der Waals surface area contributed by atoms with Crippen LogP contribution in [0.5, 0.6) is 0 Å². The Morgan fingerprint density at radius 2 is 1.81 bits per heavy atom. The average molecular weight is 354 g/mol. The lowest BCUT2D eigenvalue weighted by Crippen LogP contribution is -2.45. The topological polar surface area (TPSA) is 30.5 Å². The highest BCUT2D eigenvalue weighted by Gasteiger charge is 2.40. The number of rotatable bonds is 4. The normalized spacial score (nSPS) is 23.5. The average Bonchev–Trinajstić information content (AvgIpc) is 2.93. The molecule has 21 heavy (non-hydrogen) atoms. The molecule has 2 fully saturated rings. The van der Waals surface area contributed by atoms with E-state index < -0.39 is 0 Å². The summed E-state index contributed by atoms with van der Waals surface area (Å²) in [4.78, 5) is 0. The third-order valence-electron chi connectivity index (χ3n) is 4.54. The van der Waals surface area contributed by atoms with Gasteiger partial charge >= 0.3 is 0 Å². The quantitative estimate of drug-likeness (QED) is 0.895. The number of nitrogens with one attached hydrogen (secondary N) is 1. The van der Waals surface area contributed by atoms with Gasteiger partial charge in [0, 0.05) is 29.4 Å². The van der Waals surface area contributed by atoms with E-state index in [4.69, 9.17) is 9.47 Å². The fourth-order valence-electron chi connectivity index (χ4n) is 3.45. The van der Waals surface area contributed by atoms with Crippen LogP contribution in [0.4, 0.5) is 0 Å². The van der Waals surface area contributed by atoms with Gasteiger partial charge in [0.2, 0.25) is 0 Å². The van der Waals surface area contributed by atoms with E-state index in [1.165, 1.54) is 5.56 Å². The molecule has 116 valence electrons. The van der Waals surface area contributed by atoms with Gasteiger partial charge in [0.1, 0.15) is 0 Å². The second-order valence-electron chi connectivity index (χ2n) is 6.28. The molecule has 3 nitrogen and oxygen atoms in total. The largest absolute Gasteiger partial charge is 0.348 e. The molecule has 1 aliphatic heterocycles. The van der Waals surface area contributed by atoms with Crippen LogP contribution >= 0.6 is 15.9 Å². The number of hydrogen-bond acceptors (Lipinski definition) is 3. The van der Waals surface area contributed by atoms with Crippen molar-refractivity contribution >= 4 is 15.9 Å². The minimum absolute atomic E-state index is 0.243. The predicted octanol–water partition coefficient (Wildman–Crippen LogP) is 3.66. The van der Waals surface area contributed by atoms with E-state index in [1.807, 2.05) is 0 Å². The standard InChI is InChI=1S/C17H24BrNO2/c1-13(12-14-2-4-15(18)5-3-14)19-16-6-8-17(9-7-16)20-10-11-21-17/h2-5,13,16,19H,6-12H2,1H3. The van der Waals surface area contributed by atoms with Crippen LogP contribution < -0.4 is 5.32 Å². The molecule has 0 amide bonds. The van der Waals surface area contributed by atoms with Crippen molar-refractivity contribution < 1.29 is 9.47 Å². The second kappa shape index (κ2) is 6.78. The Morgan fingerprint density at radius 3 is 2.43 bits per heavy atom. The number of ether oxygens (including phenoxy) is 2. The monoisotopic (exact) mass is 353 g/mol. The molecule has 2 aliphatic rings. The molecule has 1 aromatic rings. The summed E-state index contributed by atoms with van der Waals surface area (Å²) in [5, 5.41) is 3.77. The van der Waals surface area contributed by atoms with E-state index in [9.17, 15) is 0 Å². The van der Waals surface area contributed by atoms with Crippen molar-refractivity contribution in [1.29, 1.82) is 0 Å². The maximum atomic E-state index is 5.79. The van der Waals surface area contributed by atoms with Crippen LogP contribution in [-0.4, -0.2) is 31.1 Å². The summed E-state index contributed by atoms with van der Waals surface area (Å²) >= 11 is 3.48. The maximum Gasteiger partial charge on any atom is 0.168 e. The van der Waals surface area contributed by atoms with Gasteiger partial charge in [0.15, 0.2) is 5.79 Å². The lowest BCUT2D eigenvalue weighted by Gasteiger charge is -2.36. The molecule has 0 bridgehead atoms. The lowest BCUT2D eigenvalue weighted by molar-refractivity contribution is -0.179. The van der Waals surface area contributed by atoms with Gasteiger partial charge in [-0.2, -0.15) is 0 Å². The van der Waals surface area contributed by atoms with Crippen molar-refractivity contribution in [3.05, 3.63) is 34.3 Å². The zero-order valence-corrected chi connectivity index (χ0v) is 14.2. The number of benzene rings is 1. The summed E-state index contributed by atoms with van der Waals surface area (Å²) in [6.45, 7) is 3.80. The van der Waals surface area contributed by atoms with E-state index in [0.29, 0.717) is 12.1 Å². The molecular formula is C17H24BrNO2. The molecule has 0 radical (unpaired) electrons. The maximum absolute atomic E-state index is 5.79. The molecule has 1 saturated heterocycles. The van der Waals surface area contributed by atoms with Crippen molar-refractivity contribution in [3.63, 3.8) is 0 Å². The van der Waals surface area contributed by atoms with Crippen molar-refractivity contribution in [3.8, 4) is 0 Å². The van der Waals surface area contributed by atoms with Crippen molar-refractivity contribution in [2.24, 2.45) is 0 Å². The van der Waals surface area contributed by atoms with Gasteiger partial charge in [-0.1, -0.05) is 28.1 Å². The van der Waals surface area contributed by atoms with Gasteiger partial charge in [-0.25, -0.2) is 0 Å². The van der Waals surface area contributed by atoms with Crippen LogP contribution in [0.1, 0.15) is 38.2 Å². The summed E-state index contributed by atoms with van der Waals surface area (Å²) in [5.74, 6) is -0.243. The molecule has 0 aromatic heterocycles. The van der Waals surface area contributed by atoms with Crippen LogP contribution in [0.2, 0.25) is 0 Å². The molecule has 1 unspecified atom stereocenters. The number of halogens is 1.